The summed E-state index contributed by atoms with van der Waals surface area (Å²) in [5.74, 6) is 9.39. The van der Waals surface area contributed by atoms with Gasteiger partial charge in [-0.25, -0.2) is 0 Å². The van der Waals surface area contributed by atoms with Gasteiger partial charge in [-0.3, -0.25) is 5.01 Å². The molecule has 2 rings (SSSR count). The molecule has 1 heterocycles. The Morgan fingerprint density at radius 3 is 2.91 bits per heavy atom. The van der Waals surface area contributed by atoms with Gasteiger partial charge in [-0.1, -0.05) is 18.2 Å². The molecular formula is C9H10N2. The number of fused-ring (bicyclic) bond motifs is 1. The van der Waals surface area contributed by atoms with Crippen molar-refractivity contribution in [2.24, 2.45) is 0 Å². The van der Waals surface area contributed by atoms with Gasteiger partial charge in [0.05, 0.1) is 5.69 Å². The molecular weight excluding hydrogens is 136 g/mol. The Labute approximate surface area is 66.6 Å². The predicted octanol–water partition coefficient (Wildman–Crippen LogP) is 1.42. The quantitative estimate of drug-likeness (QED) is 0.543. The summed E-state index contributed by atoms with van der Waals surface area (Å²) in [6.07, 6.45) is 2.14. The van der Waals surface area contributed by atoms with Crippen molar-refractivity contribution in [2.75, 3.05) is 11.6 Å². The van der Waals surface area contributed by atoms with Crippen molar-refractivity contribution in [1.29, 1.82) is 0 Å². The summed E-state index contributed by atoms with van der Waals surface area (Å²) in [6.45, 7) is 0.761. The Kier molecular flexibility index (Phi) is 1.55. The van der Waals surface area contributed by atoms with Gasteiger partial charge in [-0.2, -0.15) is 0 Å². The number of nitrogens with zero attached hydrogens (tertiary/aromatic N) is 2. The highest BCUT2D eigenvalue weighted by atomic mass is 15.4. The zero-order valence-corrected chi connectivity index (χ0v) is 6.33. The lowest BCUT2D eigenvalue weighted by atomic mass is 10.0. The van der Waals surface area contributed by atoms with E-state index >= 15 is 0 Å². The first kappa shape index (κ1) is 6.68. The van der Waals surface area contributed by atoms with E-state index in [0.29, 0.717) is 0 Å². The minimum atomic E-state index is 0.761. The Bertz CT molecular complexity index is 257. The fourth-order valence-electron chi connectivity index (χ4n) is 1.51. The normalized spacial score (nSPS) is 16.3. The van der Waals surface area contributed by atoms with Crippen LogP contribution < -0.4 is 10.9 Å². The van der Waals surface area contributed by atoms with E-state index in [4.69, 9.17) is 0 Å². The largest absolute Gasteiger partial charge is 0.273 e. The lowest BCUT2D eigenvalue weighted by Gasteiger charge is -2.23. The summed E-state index contributed by atoms with van der Waals surface area (Å²) in [5.41, 5.74) is 2.22. The van der Waals surface area contributed by atoms with E-state index in [1.165, 1.54) is 10.6 Å². The number of para-hydroxylation sites is 1. The monoisotopic (exact) mass is 146 g/mol. The van der Waals surface area contributed by atoms with Gasteiger partial charge < -0.3 is 0 Å². The highest BCUT2D eigenvalue weighted by Gasteiger charge is 2.13. The number of hydrogen-bond acceptors (Lipinski definition) is 1. The van der Waals surface area contributed by atoms with Gasteiger partial charge in [0, 0.05) is 6.54 Å². The van der Waals surface area contributed by atoms with Gasteiger partial charge in [-0.15, -0.1) is 0 Å². The molecule has 0 spiro atoms. The fraction of sp³-hybridized carbons (Fsp3) is 0.333. The Balaban J connectivity index is 2.44. The Morgan fingerprint density at radius 2 is 2.09 bits per heavy atom. The van der Waals surface area contributed by atoms with Crippen LogP contribution in [-0.4, -0.2) is 6.54 Å². The van der Waals surface area contributed by atoms with Crippen molar-refractivity contribution >= 4 is 5.69 Å². The number of benzene rings is 1. The van der Waals surface area contributed by atoms with E-state index in [1.807, 2.05) is 18.2 Å². The zero-order valence-electron chi connectivity index (χ0n) is 6.33. The lowest BCUT2D eigenvalue weighted by Crippen LogP contribution is -2.26. The van der Waals surface area contributed by atoms with Gasteiger partial charge >= 0.3 is 0 Å². The summed E-state index contributed by atoms with van der Waals surface area (Å²) < 4.78 is 0. The molecule has 0 saturated heterocycles. The molecule has 0 bridgehead atoms. The van der Waals surface area contributed by atoms with Crippen molar-refractivity contribution in [3.8, 4) is 0 Å². The minimum Gasteiger partial charge on any atom is -0.273 e. The molecule has 11 heavy (non-hydrogen) atoms. The molecule has 0 N–H and O–H groups in total. The number of rotatable bonds is 0. The molecule has 2 heteroatoms. The molecule has 0 atom stereocenters. The fourth-order valence-corrected chi connectivity index (χ4v) is 1.51. The van der Waals surface area contributed by atoms with Crippen molar-refractivity contribution in [2.45, 2.75) is 12.8 Å². The molecule has 1 aromatic carbocycles. The second-order valence-electron chi connectivity index (χ2n) is 2.86. The van der Waals surface area contributed by atoms with Crippen molar-refractivity contribution in [3.05, 3.63) is 29.8 Å². The number of anilines is 1. The van der Waals surface area contributed by atoms with Crippen LogP contribution in [0.15, 0.2) is 24.3 Å². The summed E-state index contributed by atoms with van der Waals surface area (Å²) in [5, 5.41) is 1.33. The zero-order chi connectivity index (χ0) is 7.68. The topological polar surface area (TPSA) is 25.5 Å². The van der Waals surface area contributed by atoms with Crippen LogP contribution >= 0.6 is 0 Å². The standard InChI is InChI=1S/C9H10N2/c10-11-7-3-5-8-4-1-2-6-9(8)11/h1-2,4,6H,3,5,7H2. The highest BCUT2D eigenvalue weighted by molar-refractivity contribution is 5.53. The highest BCUT2D eigenvalue weighted by Crippen LogP contribution is 2.24. The third kappa shape index (κ3) is 1.10. The van der Waals surface area contributed by atoms with Crippen molar-refractivity contribution in [1.82, 2.24) is 5.84 Å². The molecule has 0 saturated carbocycles. The third-order valence-corrected chi connectivity index (χ3v) is 2.09. The number of aryl methyl sites for hydroxylation is 1. The molecule has 0 amide bonds. The lowest BCUT2D eigenvalue weighted by molar-refractivity contribution is 0.701. The molecule has 2 nitrogen and oxygen atoms in total. The maximum atomic E-state index is 9.39. The Hall–Kier alpha value is -1.02. The van der Waals surface area contributed by atoms with Gasteiger partial charge in [0.2, 0.25) is 0 Å². The Morgan fingerprint density at radius 1 is 1.27 bits per heavy atom. The van der Waals surface area contributed by atoms with Crippen LogP contribution in [0.3, 0.4) is 0 Å². The summed E-state index contributed by atoms with van der Waals surface area (Å²) in [6, 6.07) is 7.98. The summed E-state index contributed by atoms with van der Waals surface area (Å²) in [7, 11) is 0. The van der Waals surface area contributed by atoms with E-state index in [2.05, 4.69) is 6.07 Å². The van der Waals surface area contributed by atoms with Crippen LogP contribution in [0.4, 0.5) is 5.69 Å². The van der Waals surface area contributed by atoms with Gasteiger partial charge in [0.1, 0.15) is 0 Å². The summed E-state index contributed by atoms with van der Waals surface area (Å²) >= 11 is 0. The average Bonchev–Trinajstić information content (AvgIpc) is 2.06. The first-order valence-electron chi connectivity index (χ1n) is 3.92. The van der Waals surface area contributed by atoms with E-state index in [1.54, 1.807) is 0 Å². The van der Waals surface area contributed by atoms with Crippen LogP contribution in [0.5, 0.6) is 0 Å². The van der Waals surface area contributed by atoms with Gasteiger partial charge in [-0.05, 0) is 30.3 Å². The SMILES string of the molecule is [N]N1CCCc2ccccc21. The number of hydrogen-bond donors (Lipinski definition) is 0. The van der Waals surface area contributed by atoms with Crippen molar-refractivity contribution in [3.63, 3.8) is 0 Å². The van der Waals surface area contributed by atoms with Crippen molar-refractivity contribution < 1.29 is 0 Å². The molecule has 2 radical (unpaired) electrons. The minimum absolute atomic E-state index is 0.761. The maximum Gasteiger partial charge on any atom is 0.0584 e. The maximum absolute atomic E-state index is 9.39. The van der Waals surface area contributed by atoms with Crippen LogP contribution in [-0.2, 0) is 6.42 Å². The molecule has 0 aromatic heterocycles. The predicted molar refractivity (Wildman–Crippen MR) is 44.2 cm³/mol. The second-order valence-corrected chi connectivity index (χ2v) is 2.86. The average molecular weight is 146 g/mol. The van der Waals surface area contributed by atoms with Crippen LogP contribution in [0, 0.1) is 0 Å². The van der Waals surface area contributed by atoms with E-state index in [9.17, 15) is 5.84 Å². The van der Waals surface area contributed by atoms with Crippen LogP contribution in [0.2, 0.25) is 0 Å². The molecule has 1 aromatic rings. The van der Waals surface area contributed by atoms with Crippen LogP contribution in [0.25, 0.3) is 0 Å². The molecule has 0 fully saturated rings. The van der Waals surface area contributed by atoms with Gasteiger partial charge in [0.15, 0.2) is 0 Å². The summed E-state index contributed by atoms with van der Waals surface area (Å²) in [4.78, 5) is 0. The molecule has 56 valence electrons. The first-order chi connectivity index (χ1) is 5.38. The van der Waals surface area contributed by atoms with E-state index in [0.717, 1.165) is 25.1 Å². The second kappa shape index (κ2) is 2.55. The molecule has 0 aliphatic carbocycles. The molecule has 1 aliphatic heterocycles. The van der Waals surface area contributed by atoms with Crippen LogP contribution in [0.1, 0.15) is 12.0 Å². The molecule has 1 aliphatic rings. The van der Waals surface area contributed by atoms with E-state index < -0.39 is 0 Å². The van der Waals surface area contributed by atoms with E-state index in [-0.39, 0.29) is 0 Å². The smallest absolute Gasteiger partial charge is 0.0584 e. The van der Waals surface area contributed by atoms with Gasteiger partial charge in [0.25, 0.3) is 0 Å². The first-order valence-corrected chi connectivity index (χ1v) is 3.92. The third-order valence-electron chi connectivity index (χ3n) is 2.09. The molecule has 0 unspecified atom stereocenters.